The molecule has 0 rings (SSSR count). The van der Waals surface area contributed by atoms with Crippen LogP contribution in [-0.2, 0) is 24.5 Å². The average molecular weight is 415 g/mol. The number of carbonyl (C=O) groups is 3. The van der Waals surface area contributed by atoms with Gasteiger partial charge in [-0.25, -0.2) is 0 Å². The molecule has 0 aromatic heterocycles. The second-order valence-electron chi connectivity index (χ2n) is 6.14. The molecule has 0 bridgehead atoms. The summed E-state index contributed by atoms with van der Waals surface area (Å²) in [4.78, 5) is 33.9. The molecule has 0 aromatic rings. The summed E-state index contributed by atoms with van der Waals surface area (Å²) in [7, 11) is -5.51. The number of hydrogen-bond acceptors (Lipinski definition) is 7. The molecule has 0 amide bonds. The van der Waals surface area contributed by atoms with Gasteiger partial charge < -0.3 is 32.1 Å². The van der Waals surface area contributed by atoms with Gasteiger partial charge in [-0.15, -0.1) is 0 Å². The maximum absolute atomic E-state index is 12.0. The zero-order valence-corrected chi connectivity index (χ0v) is 17.3. The summed E-state index contributed by atoms with van der Waals surface area (Å²) in [5, 5.41) is 21.8. The molecular weight excluding hydrogens is 380 g/mol. The number of Topliss-reactive ketones (excluding diaryl/α,β-unsaturated/α-hetero) is 1. The van der Waals surface area contributed by atoms with E-state index >= 15 is 0 Å². The first kappa shape index (κ1) is 30.2. The van der Waals surface area contributed by atoms with Crippen molar-refractivity contribution in [2.75, 3.05) is 0 Å². The van der Waals surface area contributed by atoms with Gasteiger partial charge in [0.1, 0.15) is 0 Å². The van der Waals surface area contributed by atoms with Crippen LogP contribution in [0.3, 0.4) is 0 Å². The zero-order valence-electron chi connectivity index (χ0n) is 16.5. The van der Waals surface area contributed by atoms with Crippen molar-refractivity contribution in [1.29, 1.82) is 0 Å². The van der Waals surface area contributed by atoms with Crippen molar-refractivity contribution in [3.8, 4) is 0 Å². The van der Waals surface area contributed by atoms with Crippen LogP contribution < -0.4 is 22.5 Å². The first-order valence-corrected chi connectivity index (χ1v) is 9.95. The Bertz CT molecular complexity index is 565. The van der Waals surface area contributed by atoms with E-state index in [-0.39, 0.29) is 18.7 Å². The molecule has 9 N–H and O–H groups in total. The van der Waals surface area contributed by atoms with Crippen LogP contribution in [0.2, 0.25) is 0 Å². The fourth-order valence-corrected chi connectivity index (χ4v) is 3.53. The van der Waals surface area contributed by atoms with Crippen LogP contribution >= 0.6 is 0 Å². The van der Waals surface area contributed by atoms with Gasteiger partial charge in [-0.3, -0.25) is 9.35 Å². The Morgan fingerprint density at radius 3 is 1.59 bits per heavy atom. The SMILES string of the molecule is CCCCCCCCCCCC(=O)C(CC(=O)[O-])(C(=O)[O-])S(=O)(=O)O.[NH4+].[NH4+]. The quantitative estimate of drug-likeness (QED) is 0.196. The molecule has 11 heteroatoms. The molecule has 0 aromatic carbocycles. The van der Waals surface area contributed by atoms with Crippen molar-refractivity contribution in [2.24, 2.45) is 0 Å². The summed E-state index contributed by atoms with van der Waals surface area (Å²) < 4.78 is 28.3. The normalized spacial score (nSPS) is 13.0. The molecule has 0 aliphatic carbocycles. The first-order valence-electron chi connectivity index (χ1n) is 8.51. The summed E-state index contributed by atoms with van der Waals surface area (Å²) in [6, 6.07) is 0. The topological polar surface area (TPSA) is 225 Å². The minimum absolute atomic E-state index is 0. The Kier molecular flexibility index (Phi) is 16.2. The van der Waals surface area contributed by atoms with E-state index in [0.717, 1.165) is 32.1 Å². The summed E-state index contributed by atoms with van der Waals surface area (Å²) in [6.45, 7) is 2.12. The molecule has 162 valence electrons. The van der Waals surface area contributed by atoms with Gasteiger partial charge in [-0.2, -0.15) is 8.42 Å². The number of carboxylic acids is 2. The molecule has 0 fully saturated rings. The highest BCUT2D eigenvalue weighted by Gasteiger charge is 2.51. The van der Waals surface area contributed by atoms with E-state index in [4.69, 9.17) is 4.55 Å². The Hall–Kier alpha value is -1.56. The molecule has 1 unspecified atom stereocenters. The van der Waals surface area contributed by atoms with Crippen molar-refractivity contribution >= 4 is 27.8 Å². The Labute approximate surface area is 160 Å². The third-order valence-electron chi connectivity index (χ3n) is 4.12. The van der Waals surface area contributed by atoms with E-state index < -0.39 is 45.4 Å². The van der Waals surface area contributed by atoms with Crippen LogP contribution in [0.1, 0.15) is 77.6 Å². The number of rotatable bonds is 15. The lowest BCUT2D eigenvalue weighted by Crippen LogP contribution is -2.61. The van der Waals surface area contributed by atoms with E-state index in [1.54, 1.807) is 0 Å². The van der Waals surface area contributed by atoms with Gasteiger partial charge in [0, 0.05) is 18.8 Å². The standard InChI is InChI=1S/C16H28O8S.2H3N/c1-2-3-4-5-6-7-8-9-10-11-13(17)16(15(20)21,12-14(18)19)25(22,23)24;;/h2-12H2,1H3,(H,18,19)(H,20,21)(H,22,23,24);2*1H3. The summed E-state index contributed by atoms with van der Waals surface area (Å²) >= 11 is 0. The Morgan fingerprint density at radius 1 is 0.852 bits per heavy atom. The van der Waals surface area contributed by atoms with Crippen LogP contribution in [0, 0.1) is 0 Å². The summed E-state index contributed by atoms with van der Waals surface area (Å²) in [6.07, 6.45) is 6.04. The van der Waals surface area contributed by atoms with Crippen LogP contribution in [-0.4, -0.2) is 35.4 Å². The molecule has 0 heterocycles. The Balaban J connectivity index is -0.00000288. The fourth-order valence-electron chi connectivity index (χ4n) is 2.63. The van der Waals surface area contributed by atoms with Gasteiger partial charge in [-0.1, -0.05) is 58.3 Å². The highest BCUT2D eigenvalue weighted by Crippen LogP contribution is 2.25. The summed E-state index contributed by atoms with van der Waals surface area (Å²) in [5.74, 6) is -5.94. The van der Waals surface area contributed by atoms with Crippen LogP contribution in [0.25, 0.3) is 0 Å². The van der Waals surface area contributed by atoms with E-state index in [2.05, 4.69) is 6.92 Å². The van der Waals surface area contributed by atoms with Gasteiger partial charge in [0.05, 0.1) is 5.97 Å². The highest BCUT2D eigenvalue weighted by atomic mass is 32.2. The predicted octanol–water partition coefficient (Wildman–Crippen LogP) is 0.745. The van der Waals surface area contributed by atoms with Crippen molar-refractivity contribution < 1.29 is 37.6 Å². The predicted molar refractivity (Wildman–Crippen MR) is 97.7 cm³/mol. The lowest BCUT2D eigenvalue weighted by atomic mass is 9.94. The van der Waals surface area contributed by atoms with Gasteiger partial charge in [-0.05, 0) is 6.42 Å². The van der Waals surface area contributed by atoms with E-state index in [9.17, 15) is 33.0 Å². The van der Waals surface area contributed by atoms with E-state index in [1.165, 1.54) is 12.8 Å². The van der Waals surface area contributed by atoms with Gasteiger partial charge in [0.15, 0.2) is 10.5 Å². The van der Waals surface area contributed by atoms with Gasteiger partial charge >= 0.3 is 0 Å². The Morgan fingerprint density at radius 2 is 1.26 bits per heavy atom. The van der Waals surface area contributed by atoms with E-state index in [0.29, 0.717) is 6.42 Å². The van der Waals surface area contributed by atoms with Gasteiger partial charge in [0.25, 0.3) is 10.1 Å². The molecule has 0 saturated carbocycles. The van der Waals surface area contributed by atoms with Crippen LogP contribution in [0.4, 0.5) is 0 Å². The number of hydrogen-bond donors (Lipinski definition) is 3. The lowest BCUT2D eigenvalue weighted by Gasteiger charge is -2.30. The molecule has 0 saturated heterocycles. The summed E-state index contributed by atoms with van der Waals surface area (Å²) in [5.41, 5.74) is 0. The zero-order chi connectivity index (χ0) is 19.5. The van der Waals surface area contributed by atoms with Crippen LogP contribution in [0.5, 0.6) is 0 Å². The largest absolute Gasteiger partial charge is 0.550 e. The number of quaternary nitrogens is 2. The molecule has 0 aliphatic heterocycles. The van der Waals surface area contributed by atoms with Crippen molar-refractivity contribution in [3.05, 3.63) is 0 Å². The molecule has 10 nitrogen and oxygen atoms in total. The minimum atomic E-state index is -5.51. The number of ketones is 1. The monoisotopic (exact) mass is 414 g/mol. The van der Waals surface area contributed by atoms with Crippen molar-refractivity contribution in [2.45, 2.75) is 82.3 Å². The van der Waals surface area contributed by atoms with Crippen molar-refractivity contribution in [3.63, 3.8) is 0 Å². The molecule has 0 radical (unpaired) electrons. The third-order valence-corrected chi connectivity index (χ3v) is 5.54. The third kappa shape index (κ3) is 9.80. The molecule has 0 spiro atoms. The number of unbranched alkanes of at least 4 members (excludes halogenated alkanes) is 8. The number of aliphatic carboxylic acids is 2. The average Bonchev–Trinajstić information content (AvgIpc) is 2.48. The molecule has 1 atom stereocenters. The van der Waals surface area contributed by atoms with Crippen LogP contribution in [0.15, 0.2) is 0 Å². The molecule has 27 heavy (non-hydrogen) atoms. The second kappa shape index (κ2) is 14.5. The number of carboxylic acid groups (broad SMARTS) is 2. The number of carbonyl (C=O) groups excluding carboxylic acids is 3. The molecular formula is C16H34N2O8S. The maximum Gasteiger partial charge on any atom is 0.283 e. The second-order valence-corrected chi connectivity index (χ2v) is 7.79. The highest BCUT2D eigenvalue weighted by molar-refractivity contribution is 7.89. The maximum atomic E-state index is 12.0. The molecule has 0 aliphatic rings. The minimum Gasteiger partial charge on any atom is -0.550 e. The van der Waals surface area contributed by atoms with Crippen molar-refractivity contribution in [1.82, 2.24) is 12.3 Å². The fraction of sp³-hybridized carbons (Fsp3) is 0.812. The van der Waals surface area contributed by atoms with E-state index in [1.807, 2.05) is 0 Å². The smallest absolute Gasteiger partial charge is 0.283 e. The lowest BCUT2D eigenvalue weighted by molar-refractivity contribution is -0.317. The van der Waals surface area contributed by atoms with Gasteiger partial charge in [0.2, 0.25) is 0 Å². The first-order chi connectivity index (χ1) is 11.6.